The van der Waals surface area contributed by atoms with Crippen LogP contribution in [0.5, 0.6) is 0 Å². The van der Waals surface area contributed by atoms with Crippen LogP contribution in [-0.4, -0.2) is 35.1 Å². The van der Waals surface area contributed by atoms with Crippen molar-refractivity contribution in [2.45, 2.75) is 44.2 Å². The third kappa shape index (κ3) is 2.27. The predicted octanol–water partition coefficient (Wildman–Crippen LogP) is 1.59. The summed E-state index contributed by atoms with van der Waals surface area (Å²) in [6, 6.07) is 1.26. The highest BCUT2D eigenvalue weighted by Gasteiger charge is 2.32. The van der Waals surface area contributed by atoms with Crippen molar-refractivity contribution in [3.63, 3.8) is 0 Å². The first kappa shape index (κ1) is 11.0. The Morgan fingerprint density at radius 3 is 2.94 bits per heavy atom. The third-order valence-electron chi connectivity index (χ3n) is 3.96. The molecule has 0 spiro atoms. The molecule has 0 aliphatic carbocycles. The van der Waals surface area contributed by atoms with Crippen LogP contribution in [0.15, 0.2) is 18.6 Å². The zero-order valence-corrected chi connectivity index (χ0v) is 10.2. The van der Waals surface area contributed by atoms with E-state index in [1.54, 1.807) is 12.4 Å². The van der Waals surface area contributed by atoms with Crippen LogP contribution in [0.25, 0.3) is 0 Å². The lowest BCUT2D eigenvalue weighted by Crippen LogP contribution is -2.50. The van der Waals surface area contributed by atoms with Gasteiger partial charge in [-0.25, -0.2) is 4.98 Å². The van der Waals surface area contributed by atoms with Gasteiger partial charge in [0.15, 0.2) is 0 Å². The average Bonchev–Trinajstić information content (AvgIpc) is 2.94. The number of rotatable bonds is 2. The second-order valence-corrected chi connectivity index (χ2v) is 5.02. The molecule has 4 heteroatoms. The van der Waals surface area contributed by atoms with Gasteiger partial charge in [-0.1, -0.05) is 0 Å². The summed E-state index contributed by atoms with van der Waals surface area (Å²) in [6.45, 7) is 2.30. The van der Waals surface area contributed by atoms with E-state index in [1.165, 1.54) is 38.6 Å². The van der Waals surface area contributed by atoms with E-state index >= 15 is 0 Å². The summed E-state index contributed by atoms with van der Waals surface area (Å²) in [6.07, 6.45) is 12.0. The van der Waals surface area contributed by atoms with Gasteiger partial charge in [-0.05, 0) is 38.6 Å². The van der Waals surface area contributed by atoms with Crippen molar-refractivity contribution in [2.75, 3.05) is 18.0 Å². The van der Waals surface area contributed by atoms with E-state index in [0.29, 0.717) is 12.1 Å². The van der Waals surface area contributed by atoms with Gasteiger partial charge in [0.2, 0.25) is 0 Å². The number of hydrogen-bond acceptors (Lipinski definition) is 4. The number of hydrogen-bond donors (Lipinski definition) is 1. The highest BCUT2D eigenvalue weighted by atomic mass is 15.2. The van der Waals surface area contributed by atoms with Gasteiger partial charge in [0.05, 0.1) is 6.20 Å². The molecular formula is C13H20N4. The molecular weight excluding hydrogens is 212 g/mol. The van der Waals surface area contributed by atoms with Crippen LogP contribution in [0.4, 0.5) is 5.82 Å². The van der Waals surface area contributed by atoms with Crippen molar-refractivity contribution < 1.29 is 0 Å². The van der Waals surface area contributed by atoms with E-state index in [-0.39, 0.29) is 0 Å². The predicted molar refractivity (Wildman–Crippen MR) is 68.0 cm³/mol. The van der Waals surface area contributed by atoms with Gasteiger partial charge in [0.1, 0.15) is 5.82 Å². The quantitative estimate of drug-likeness (QED) is 0.840. The Bertz CT molecular complexity index is 348. The molecule has 1 aromatic heterocycles. The van der Waals surface area contributed by atoms with E-state index in [1.807, 2.05) is 6.20 Å². The molecule has 2 fully saturated rings. The maximum absolute atomic E-state index is 4.46. The second kappa shape index (κ2) is 5.00. The molecule has 0 bridgehead atoms. The molecule has 3 rings (SSSR count). The molecule has 3 heterocycles. The minimum absolute atomic E-state index is 0.614. The molecule has 1 aromatic rings. The largest absolute Gasteiger partial charge is 0.351 e. The molecule has 2 atom stereocenters. The maximum Gasteiger partial charge on any atom is 0.147 e. The maximum atomic E-state index is 4.46. The highest BCUT2D eigenvalue weighted by Crippen LogP contribution is 2.27. The smallest absolute Gasteiger partial charge is 0.147 e. The summed E-state index contributed by atoms with van der Waals surface area (Å²) in [4.78, 5) is 11.1. The van der Waals surface area contributed by atoms with Gasteiger partial charge in [0, 0.05) is 31.0 Å². The van der Waals surface area contributed by atoms with Crippen LogP contribution in [-0.2, 0) is 0 Å². The summed E-state index contributed by atoms with van der Waals surface area (Å²) in [5, 5.41) is 3.64. The first-order valence-corrected chi connectivity index (χ1v) is 6.71. The fourth-order valence-corrected chi connectivity index (χ4v) is 3.14. The first-order chi connectivity index (χ1) is 8.45. The third-order valence-corrected chi connectivity index (χ3v) is 3.96. The standard InChI is InChI=1S/C13H20N4/c1-2-9-17(13-10-14-7-8-16-13)12(5-1)11-4-3-6-15-11/h7-8,10-12,15H,1-6,9H2. The minimum Gasteiger partial charge on any atom is -0.351 e. The lowest BCUT2D eigenvalue weighted by Gasteiger charge is -2.39. The van der Waals surface area contributed by atoms with Crippen LogP contribution in [0, 0.1) is 0 Å². The Kier molecular flexibility index (Phi) is 3.22. The summed E-state index contributed by atoms with van der Waals surface area (Å²) in [5.74, 6) is 1.05. The summed E-state index contributed by atoms with van der Waals surface area (Å²) < 4.78 is 0. The van der Waals surface area contributed by atoms with E-state index in [0.717, 1.165) is 12.4 Å². The van der Waals surface area contributed by atoms with Gasteiger partial charge >= 0.3 is 0 Å². The molecule has 0 amide bonds. The van der Waals surface area contributed by atoms with Crippen LogP contribution < -0.4 is 10.2 Å². The van der Waals surface area contributed by atoms with Crippen LogP contribution in [0.1, 0.15) is 32.1 Å². The monoisotopic (exact) mass is 232 g/mol. The number of nitrogens with one attached hydrogen (secondary N) is 1. The summed E-state index contributed by atoms with van der Waals surface area (Å²) in [5.41, 5.74) is 0. The topological polar surface area (TPSA) is 41.1 Å². The molecule has 0 radical (unpaired) electrons. The molecule has 92 valence electrons. The van der Waals surface area contributed by atoms with Gasteiger partial charge in [-0.15, -0.1) is 0 Å². The number of piperidine rings is 1. The Morgan fingerprint density at radius 2 is 2.18 bits per heavy atom. The highest BCUT2D eigenvalue weighted by molar-refractivity contribution is 5.38. The molecule has 2 saturated heterocycles. The zero-order valence-electron chi connectivity index (χ0n) is 10.2. The first-order valence-electron chi connectivity index (χ1n) is 6.71. The second-order valence-electron chi connectivity index (χ2n) is 5.02. The van der Waals surface area contributed by atoms with Crippen molar-refractivity contribution in [2.24, 2.45) is 0 Å². The lowest BCUT2D eigenvalue weighted by molar-refractivity contribution is 0.376. The molecule has 0 saturated carbocycles. The van der Waals surface area contributed by atoms with Crippen molar-refractivity contribution in [3.8, 4) is 0 Å². The molecule has 4 nitrogen and oxygen atoms in total. The van der Waals surface area contributed by atoms with Gasteiger partial charge in [-0.2, -0.15) is 0 Å². The molecule has 1 N–H and O–H groups in total. The van der Waals surface area contributed by atoms with Gasteiger partial charge in [-0.3, -0.25) is 4.98 Å². The lowest BCUT2D eigenvalue weighted by atomic mass is 9.94. The van der Waals surface area contributed by atoms with Crippen molar-refractivity contribution in [1.82, 2.24) is 15.3 Å². The average molecular weight is 232 g/mol. The molecule has 2 aliphatic rings. The van der Waals surface area contributed by atoms with Gasteiger partial charge in [0.25, 0.3) is 0 Å². The van der Waals surface area contributed by atoms with E-state index in [9.17, 15) is 0 Å². The Hall–Kier alpha value is -1.16. The molecule has 17 heavy (non-hydrogen) atoms. The molecule has 0 aromatic carbocycles. The van der Waals surface area contributed by atoms with E-state index in [2.05, 4.69) is 20.2 Å². The SMILES string of the molecule is c1cnc(N2CCCCC2C2CCCN2)cn1. The van der Waals surface area contributed by atoms with Crippen LogP contribution in [0.2, 0.25) is 0 Å². The summed E-state index contributed by atoms with van der Waals surface area (Å²) in [7, 11) is 0. The number of anilines is 1. The Balaban J connectivity index is 1.80. The molecule has 2 unspecified atom stereocenters. The van der Waals surface area contributed by atoms with Crippen molar-refractivity contribution in [3.05, 3.63) is 18.6 Å². The zero-order chi connectivity index (χ0) is 11.5. The van der Waals surface area contributed by atoms with Crippen molar-refractivity contribution >= 4 is 5.82 Å². The van der Waals surface area contributed by atoms with Crippen LogP contribution in [0.3, 0.4) is 0 Å². The fourth-order valence-electron chi connectivity index (χ4n) is 3.14. The van der Waals surface area contributed by atoms with Crippen molar-refractivity contribution in [1.29, 1.82) is 0 Å². The van der Waals surface area contributed by atoms with E-state index in [4.69, 9.17) is 0 Å². The molecule has 2 aliphatic heterocycles. The number of nitrogens with zero attached hydrogens (tertiary/aromatic N) is 3. The van der Waals surface area contributed by atoms with E-state index < -0.39 is 0 Å². The Labute approximate surface area is 102 Å². The number of aromatic nitrogens is 2. The van der Waals surface area contributed by atoms with Crippen LogP contribution >= 0.6 is 0 Å². The summed E-state index contributed by atoms with van der Waals surface area (Å²) >= 11 is 0. The normalized spacial score (nSPS) is 29.5. The fraction of sp³-hybridized carbons (Fsp3) is 0.692. The Morgan fingerprint density at radius 1 is 1.18 bits per heavy atom. The minimum atomic E-state index is 0.614. The van der Waals surface area contributed by atoms with Gasteiger partial charge < -0.3 is 10.2 Å².